The highest BCUT2D eigenvalue weighted by Gasteiger charge is 2.20. The van der Waals surface area contributed by atoms with Crippen LogP contribution in [0.4, 0.5) is 11.4 Å². The minimum Gasteiger partial charge on any atom is -0.342 e. The maximum Gasteiger partial charge on any atom is 0.227 e. The monoisotopic (exact) mass is 418 g/mol. The molecule has 0 atom stereocenters. The van der Waals surface area contributed by atoms with E-state index in [-0.39, 0.29) is 5.91 Å². The van der Waals surface area contributed by atoms with Gasteiger partial charge in [0.1, 0.15) is 0 Å². The van der Waals surface area contributed by atoms with Crippen molar-refractivity contribution in [3.8, 4) is 0 Å². The summed E-state index contributed by atoms with van der Waals surface area (Å²) < 4.78 is 0. The predicted molar refractivity (Wildman–Crippen MR) is 121 cm³/mol. The molecule has 5 heteroatoms. The van der Waals surface area contributed by atoms with E-state index in [0.717, 1.165) is 42.9 Å². The first kappa shape index (κ1) is 22.3. The van der Waals surface area contributed by atoms with Crippen LogP contribution in [0.25, 0.3) is 0 Å². The van der Waals surface area contributed by atoms with Crippen molar-refractivity contribution in [2.45, 2.75) is 33.1 Å². The summed E-state index contributed by atoms with van der Waals surface area (Å²) in [4.78, 5) is 16.9. The van der Waals surface area contributed by atoms with Crippen LogP contribution < -0.4 is 4.90 Å². The molecule has 0 aliphatic heterocycles. The number of rotatable bonds is 10. The van der Waals surface area contributed by atoms with Crippen LogP contribution >= 0.6 is 23.2 Å². The first-order valence-corrected chi connectivity index (χ1v) is 10.5. The fourth-order valence-electron chi connectivity index (χ4n) is 3.29. The number of amides is 1. The summed E-state index contributed by atoms with van der Waals surface area (Å²) in [6.45, 7) is 10.1. The second kappa shape index (κ2) is 11.1. The highest BCUT2D eigenvalue weighted by molar-refractivity contribution is 6.39. The molecular weight excluding hydrogens is 391 g/mol. The number of hydrogen-bond acceptors (Lipinski definition) is 2. The summed E-state index contributed by atoms with van der Waals surface area (Å²) in [6.07, 6.45) is 4.04. The molecule has 0 fully saturated rings. The van der Waals surface area contributed by atoms with E-state index in [0.29, 0.717) is 23.0 Å². The van der Waals surface area contributed by atoms with Crippen molar-refractivity contribution in [2.24, 2.45) is 0 Å². The van der Waals surface area contributed by atoms with Crippen molar-refractivity contribution < 1.29 is 4.79 Å². The second-order valence-corrected chi connectivity index (χ2v) is 7.47. The fraction of sp³-hybridized carbons (Fsp3) is 0.348. The number of anilines is 2. The molecule has 28 heavy (non-hydrogen) atoms. The molecular formula is C23H28Cl2N2O. The van der Waals surface area contributed by atoms with Gasteiger partial charge in [0.25, 0.3) is 0 Å². The van der Waals surface area contributed by atoms with Crippen molar-refractivity contribution in [2.75, 3.05) is 24.5 Å². The standard InChI is InChI=1S/C23H28Cl2N2O/c1-4-14-26(15-5-2)22(28)17-18-10-7-8-13-21(18)27(16-6-3)23-19(24)11-9-12-20(23)25/h6-13H,3-5,14-17H2,1-2H3. The molecule has 0 aliphatic rings. The minimum absolute atomic E-state index is 0.139. The van der Waals surface area contributed by atoms with E-state index in [4.69, 9.17) is 23.2 Å². The summed E-state index contributed by atoms with van der Waals surface area (Å²) >= 11 is 12.9. The summed E-state index contributed by atoms with van der Waals surface area (Å²) in [6, 6.07) is 13.4. The molecule has 2 aromatic carbocycles. The molecule has 0 aliphatic carbocycles. The Morgan fingerprint density at radius 3 is 2.18 bits per heavy atom. The average molecular weight is 419 g/mol. The smallest absolute Gasteiger partial charge is 0.227 e. The van der Waals surface area contributed by atoms with E-state index in [9.17, 15) is 4.79 Å². The largest absolute Gasteiger partial charge is 0.342 e. The maximum atomic E-state index is 12.9. The SMILES string of the molecule is C=CCN(c1ccccc1CC(=O)N(CCC)CCC)c1c(Cl)cccc1Cl. The summed E-state index contributed by atoms with van der Waals surface area (Å²) in [7, 11) is 0. The first-order valence-electron chi connectivity index (χ1n) is 9.71. The topological polar surface area (TPSA) is 23.6 Å². The van der Waals surface area contributed by atoms with Gasteiger partial charge in [-0.3, -0.25) is 4.79 Å². The van der Waals surface area contributed by atoms with Gasteiger partial charge in [0, 0.05) is 25.3 Å². The number of para-hydroxylation sites is 2. The summed E-state index contributed by atoms with van der Waals surface area (Å²) in [5.74, 6) is 0.139. The zero-order valence-corrected chi connectivity index (χ0v) is 18.1. The van der Waals surface area contributed by atoms with Crippen LogP contribution in [0, 0.1) is 0 Å². The van der Waals surface area contributed by atoms with Crippen molar-refractivity contribution in [3.63, 3.8) is 0 Å². The van der Waals surface area contributed by atoms with Crippen LogP contribution in [0.3, 0.4) is 0 Å². The average Bonchev–Trinajstić information content (AvgIpc) is 2.67. The van der Waals surface area contributed by atoms with E-state index in [2.05, 4.69) is 20.4 Å². The van der Waals surface area contributed by atoms with Crippen LogP contribution in [0.1, 0.15) is 32.3 Å². The van der Waals surface area contributed by atoms with E-state index in [1.54, 1.807) is 6.08 Å². The van der Waals surface area contributed by atoms with E-state index in [1.807, 2.05) is 52.3 Å². The van der Waals surface area contributed by atoms with Crippen molar-refractivity contribution in [1.82, 2.24) is 4.90 Å². The van der Waals surface area contributed by atoms with Gasteiger partial charge in [0.15, 0.2) is 0 Å². The minimum atomic E-state index is 0.139. The Hall–Kier alpha value is -1.97. The molecule has 1 amide bonds. The Morgan fingerprint density at radius 1 is 1.00 bits per heavy atom. The Labute approximate surface area is 178 Å². The lowest BCUT2D eigenvalue weighted by molar-refractivity contribution is -0.130. The van der Waals surface area contributed by atoms with Crippen LogP contribution in [0.15, 0.2) is 55.1 Å². The Bertz CT molecular complexity index is 781. The molecule has 2 aromatic rings. The van der Waals surface area contributed by atoms with Crippen LogP contribution in [-0.2, 0) is 11.2 Å². The first-order chi connectivity index (χ1) is 13.5. The second-order valence-electron chi connectivity index (χ2n) is 6.66. The van der Waals surface area contributed by atoms with Crippen molar-refractivity contribution in [3.05, 3.63) is 70.7 Å². The molecule has 0 unspecified atom stereocenters. The zero-order valence-electron chi connectivity index (χ0n) is 16.6. The molecule has 0 heterocycles. The highest BCUT2D eigenvalue weighted by atomic mass is 35.5. The third kappa shape index (κ3) is 5.52. The van der Waals surface area contributed by atoms with Crippen LogP contribution in [0.2, 0.25) is 10.0 Å². The number of nitrogens with zero attached hydrogens (tertiary/aromatic N) is 2. The van der Waals surface area contributed by atoms with Gasteiger partial charge >= 0.3 is 0 Å². The van der Waals surface area contributed by atoms with Gasteiger partial charge in [-0.15, -0.1) is 6.58 Å². The molecule has 0 N–H and O–H groups in total. The van der Waals surface area contributed by atoms with E-state index >= 15 is 0 Å². The van der Waals surface area contributed by atoms with Gasteiger partial charge in [0.2, 0.25) is 5.91 Å². The van der Waals surface area contributed by atoms with Crippen LogP contribution in [0.5, 0.6) is 0 Å². The Kier molecular flexibility index (Phi) is 8.88. The molecule has 3 nitrogen and oxygen atoms in total. The molecule has 2 rings (SSSR count). The summed E-state index contributed by atoms with van der Waals surface area (Å²) in [5, 5.41) is 1.13. The number of carbonyl (C=O) groups excluding carboxylic acids is 1. The van der Waals surface area contributed by atoms with Gasteiger partial charge in [-0.05, 0) is 36.6 Å². The van der Waals surface area contributed by atoms with E-state index in [1.165, 1.54) is 0 Å². The number of halogens is 2. The Balaban J connectivity index is 2.42. The fourth-order valence-corrected chi connectivity index (χ4v) is 3.89. The van der Waals surface area contributed by atoms with Gasteiger partial charge in [-0.25, -0.2) is 0 Å². The predicted octanol–water partition coefficient (Wildman–Crippen LogP) is 6.51. The molecule has 0 radical (unpaired) electrons. The zero-order chi connectivity index (χ0) is 20.5. The highest BCUT2D eigenvalue weighted by Crippen LogP contribution is 2.39. The van der Waals surface area contributed by atoms with Crippen molar-refractivity contribution >= 4 is 40.5 Å². The normalized spacial score (nSPS) is 10.6. The lowest BCUT2D eigenvalue weighted by Crippen LogP contribution is -2.34. The molecule has 0 bridgehead atoms. The number of benzene rings is 2. The number of carbonyl (C=O) groups is 1. The molecule has 0 saturated carbocycles. The van der Waals surface area contributed by atoms with Gasteiger partial charge in [-0.2, -0.15) is 0 Å². The third-order valence-corrected chi connectivity index (χ3v) is 5.09. The van der Waals surface area contributed by atoms with Crippen LogP contribution in [-0.4, -0.2) is 30.4 Å². The molecule has 150 valence electrons. The van der Waals surface area contributed by atoms with Crippen molar-refractivity contribution in [1.29, 1.82) is 0 Å². The summed E-state index contributed by atoms with van der Waals surface area (Å²) in [5.41, 5.74) is 2.59. The molecule has 0 saturated heterocycles. The number of hydrogen-bond donors (Lipinski definition) is 0. The van der Waals surface area contributed by atoms with E-state index < -0.39 is 0 Å². The van der Waals surface area contributed by atoms with Gasteiger partial charge < -0.3 is 9.80 Å². The third-order valence-electron chi connectivity index (χ3n) is 4.48. The quantitative estimate of drug-likeness (QED) is 0.410. The molecule has 0 spiro atoms. The lowest BCUT2D eigenvalue weighted by atomic mass is 10.1. The molecule has 0 aromatic heterocycles. The Morgan fingerprint density at radius 2 is 1.61 bits per heavy atom. The lowest BCUT2D eigenvalue weighted by Gasteiger charge is -2.29. The van der Waals surface area contributed by atoms with Gasteiger partial charge in [0.05, 0.1) is 22.2 Å². The van der Waals surface area contributed by atoms with Gasteiger partial charge in [-0.1, -0.05) is 67.4 Å². The maximum absolute atomic E-state index is 12.9.